The Labute approximate surface area is 149 Å². The van der Waals surface area contributed by atoms with Crippen LogP contribution in [-0.2, 0) is 17.4 Å². The van der Waals surface area contributed by atoms with Crippen LogP contribution in [0.2, 0.25) is 0 Å². The summed E-state index contributed by atoms with van der Waals surface area (Å²) in [6.45, 7) is 0. The number of carboxylic acid groups (broad SMARTS) is 1. The van der Waals surface area contributed by atoms with Crippen molar-refractivity contribution in [2.45, 2.75) is 36.9 Å². The van der Waals surface area contributed by atoms with Crippen LogP contribution in [0.5, 0.6) is 0 Å². The monoisotopic (exact) mass is 272 g/mol. The summed E-state index contributed by atoms with van der Waals surface area (Å²) in [6.07, 6.45) is 2.71. The summed E-state index contributed by atoms with van der Waals surface area (Å²) in [5, 5.41) is 21.9. The van der Waals surface area contributed by atoms with E-state index in [0.717, 1.165) is 12.8 Å². The van der Waals surface area contributed by atoms with Gasteiger partial charge in [-0.05, 0) is 42.0 Å². The van der Waals surface area contributed by atoms with Crippen molar-refractivity contribution in [2.75, 3.05) is 0 Å². The first-order valence-electron chi connectivity index (χ1n) is 4.84. The van der Waals surface area contributed by atoms with Crippen molar-refractivity contribution in [3.8, 4) is 0 Å². The summed E-state index contributed by atoms with van der Waals surface area (Å²) in [4.78, 5) is 10.6. The first-order chi connectivity index (χ1) is 7.18. The molecule has 17 heavy (non-hydrogen) atoms. The maximum atomic E-state index is 10.6. The van der Waals surface area contributed by atoms with Crippen LogP contribution in [0, 0.1) is 5.92 Å². The van der Waals surface area contributed by atoms with Gasteiger partial charge in [0.1, 0.15) is 0 Å². The van der Waals surface area contributed by atoms with Crippen LogP contribution in [0.3, 0.4) is 0 Å². The molecule has 1 aromatic heterocycles. The van der Waals surface area contributed by atoms with Crippen LogP contribution in [0.15, 0.2) is 5.16 Å². The van der Waals surface area contributed by atoms with E-state index in [1.807, 2.05) is 0 Å². The van der Waals surface area contributed by atoms with E-state index in [4.69, 9.17) is 12.6 Å². The van der Waals surface area contributed by atoms with E-state index in [-0.39, 0.29) is 71.1 Å². The van der Waals surface area contributed by atoms with Crippen LogP contribution in [0.25, 0.3) is 0 Å². The zero-order chi connectivity index (χ0) is 10.8. The van der Waals surface area contributed by atoms with Crippen molar-refractivity contribution in [2.24, 2.45) is 5.92 Å². The average molecular weight is 272 g/mol. The molecule has 0 spiro atoms. The Hall–Kier alpha value is 0.760. The number of carbonyl (C=O) groups excluding carboxylic acids is 1. The molecule has 1 heterocycles. The number of nitrogens with zero attached hydrogens (tertiary/aromatic N) is 4. The number of hydrogen-bond donors (Lipinski definition) is 0. The molecule has 1 saturated carbocycles. The smallest absolute Gasteiger partial charge is 0.739 e. The van der Waals surface area contributed by atoms with Crippen molar-refractivity contribution in [1.82, 2.24) is 20.2 Å². The molecule has 0 aromatic carbocycles. The SMILES string of the molecule is O=C([O-])C1CCC(n2nnnc2[S-])CC1.[Na+].[Na+]. The van der Waals surface area contributed by atoms with Crippen LogP contribution >= 0.6 is 0 Å². The Kier molecular flexibility index (Phi) is 8.40. The quantitative estimate of drug-likeness (QED) is 0.393. The molecule has 0 atom stereocenters. The van der Waals surface area contributed by atoms with Crippen molar-refractivity contribution in [3.63, 3.8) is 0 Å². The van der Waals surface area contributed by atoms with E-state index in [9.17, 15) is 9.90 Å². The minimum absolute atomic E-state index is 0. The number of aromatic nitrogens is 4. The van der Waals surface area contributed by atoms with E-state index < -0.39 is 5.97 Å². The third kappa shape index (κ3) is 4.41. The summed E-state index contributed by atoms with van der Waals surface area (Å²) < 4.78 is 1.60. The van der Waals surface area contributed by atoms with Gasteiger partial charge in [-0.25, -0.2) is 4.68 Å². The molecule has 1 aliphatic rings. The molecular formula is C8H10N4Na2O2S. The normalized spacial score (nSPS) is 23.3. The minimum Gasteiger partial charge on any atom is -0.739 e. The van der Waals surface area contributed by atoms with Crippen molar-refractivity contribution in [1.29, 1.82) is 0 Å². The molecule has 0 bridgehead atoms. The predicted molar refractivity (Wildman–Crippen MR) is 49.5 cm³/mol. The number of carbonyl (C=O) groups is 1. The van der Waals surface area contributed by atoms with Gasteiger partial charge in [-0.1, -0.05) is 0 Å². The fourth-order valence-corrected chi connectivity index (χ4v) is 2.19. The standard InChI is InChI=1S/C8H12N4O2S.2Na/c13-7(14)5-1-3-6(4-2-5)12-8(15)9-10-11-12;;/h5-6H,1-4H2,(H,13,14)(H,9,11,15);;/q;2*+1/p-2. The van der Waals surface area contributed by atoms with Gasteiger partial charge in [0.25, 0.3) is 0 Å². The zero-order valence-corrected chi connectivity index (χ0v) is 14.8. The van der Waals surface area contributed by atoms with Gasteiger partial charge < -0.3 is 22.5 Å². The van der Waals surface area contributed by atoms with E-state index >= 15 is 0 Å². The second kappa shape index (κ2) is 8.04. The maximum absolute atomic E-state index is 10.6. The van der Waals surface area contributed by atoms with Crippen molar-refractivity contribution >= 4 is 18.6 Å². The summed E-state index contributed by atoms with van der Waals surface area (Å²) in [6, 6.07) is 0.142. The van der Waals surface area contributed by atoms with Crippen LogP contribution in [-0.4, -0.2) is 26.2 Å². The van der Waals surface area contributed by atoms with Gasteiger partial charge in [0, 0.05) is 11.1 Å². The van der Waals surface area contributed by atoms with Crippen LogP contribution in [0.1, 0.15) is 31.7 Å². The molecule has 1 aliphatic carbocycles. The van der Waals surface area contributed by atoms with E-state index in [2.05, 4.69) is 15.5 Å². The van der Waals surface area contributed by atoms with Gasteiger partial charge in [-0.2, -0.15) is 0 Å². The molecule has 0 saturated heterocycles. The van der Waals surface area contributed by atoms with E-state index in [0.29, 0.717) is 18.0 Å². The molecular weight excluding hydrogens is 262 g/mol. The zero-order valence-electron chi connectivity index (χ0n) is 10.00. The minimum atomic E-state index is -0.955. The summed E-state index contributed by atoms with van der Waals surface area (Å²) in [5.74, 6) is -1.28. The van der Waals surface area contributed by atoms with Crippen LogP contribution in [0.4, 0.5) is 0 Å². The Bertz CT molecular complexity index is 368. The molecule has 2 rings (SSSR count). The first-order valence-corrected chi connectivity index (χ1v) is 5.25. The van der Waals surface area contributed by atoms with E-state index in [1.54, 1.807) is 4.68 Å². The third-order valence-corrected chi connectivity index (χ3v) is 3.11. The Balaban J connectivity index is 0.00000128. The third-order valence-electron chi connectivity index (χ3n) is 2.84. The van der Waals surface area contributed by atoms with Gasteiger partial charge in [-0.15, -0.1) is 5.10 Å². The molecule has 1 fully saturated rings. The maximum Gasteiger partial charge on any atom is 1.00 e. The molecule has 0 amide bonds. The van der Waals surface area contributed by atoms with Gasteiger partial charge in [0.15, 0.2) is 0 Å². The van der Waals surface area contributed by atoms with Gasteiger partial charge in [-0.3, -0.25) is 0 Å². The second-order valence-electron chi connectivity index (χ2n) is 3.73. The van der Waals surface area contributed by atoms with Crippen LogP contribution < -0.4 is 64.2 Å². The molecule has 6 nitrogen and oxygen atoms in total. The van der Waals surface area contributed by atoms with Gasteiger partial charge in [0.2, 0.25) is 0 Å². The number of rotatable bonds is 2. The number of hydrogen-bond acceptors (Lipinski definition) is 6. The molecule has 9 heteroatoms. The van der Waals surface area contributed by atoms with Gasteiger partial charge >= 0.3 is 59.1 Å². The predicted octanol–water partition coefficient (Wildman–Crippen LogP) is -6.93. The average Bonchev–Trinajstić information content (AvgIpc) is 2.65. The molecule has 0 N–H and O–H groups in total. The second-order valence-corrected chi connectivity index (χ2v) is 4.10. The summed E-state index contributed by atoms with van der Waals surface area (Å²) in [5.41, 5.74) is 0. The molecule has 0 radical (unpaired) electrons. The largest absolute Gasteiger partial charge is 1.00 e. The van der Waals surface area contributed by atoms with E-state index in [1.165, 1.54) is 0 Å². The summed E-state index contributed by atoms with van der Waals surface area (Å²) in [7, 11) is 0. The molecule has 0 aliphatic heterocycles. The first kappa shape index (κ1) is 17.8. The number of aliphatic carboxylic acids is 1. The number of tetrazole rings is 1. The Morgan fingerprint density at radius 2 is 1.88 bits per heavy atom. The Morgan fingerprint density at radius 1 is 1.29 bits per heavy atom. The molecule has 0 unspecified atom stereocenters. The van der Waals surface area contributed by atoms with Gasteiger partial charge in [0.05, 0.1) is 6.04 Å². The molecule has 1 aromatic rings. The fourth-order valence-electron chi connectivity index (χ4n) is 1.97. The van der Waals surface area contributed by atoms with Crippen molar-refractivity contribution in [3.05, 3.63) is 0 Å². The Morgan fingerprint density at radius 3 is 2.29 bits per heavy atom. The summed E-state index contributed by atoms with van der Waals surface area (Å²) >= 11 is 4.95. The topological polar surface area (TPSA) is 83.7 Å². The number of carboxylic acids is 1. The van der Waals surface area contributed by atoms with Crippen molar-refractivity contribution < 1.29 is 69.0 Å². The fraction of sp³-hybridized carbons (Fsp3) is 0.750. The molecule has 82 valence electrons.